The van der Waals surface area contributed by atoms with E-state index in [1.165, 1.54) is 0 Å². The predicted molar refractivity (Wildman–Crippen MR) is 80.5 cm³/mol. The molecule has 1 aromatic carbocycles. The van der Waals surface area contributed by atoms with Crippen molar-refractivity contribution in [2.75, 3.05) is 0 Å². The number of aliphatic imine (C=N–C) groups is 1. The number of aromatic nitrogens is 2. The highest BCUT2D eigenvalue weighted by Gasteiger charge is 2.39. The Morgan fingerprint density at radius 2 is 2.14 bits per heavy atom. The molecule has 108 valence electrons. The summed E-state index contributed by atoms with van der Waals surface area (Å²) in [6.07, 6.45) is 1.68. The number of halogens is 1. The van der Waals surface area contributed by atoms with Gasteiger partial charge in [0.25, 0.3) is 0 Å². The van der Waals surface area contributed by atoms with E-state index in [0.29, 0.717) is 16.6 Å². The molecular weight excluding hydrogens is 290 g/mol. The zero-order valence-corrected chi connectivity index (χ0v) is 12.1. The van der Waals surface area contributed by atoms with Crippen LogP contribution in [0.15, 0.2) is 35.5 Å². The number of aromatic amines is 1. The lowest BCUT2D eigenvalue weighted by atomic mass is 9.77. The molecule has 2 atom stereocenters. The fraction of sp³-hybridized carbons (Fsp3) is 0.214. The van der Waals surface area contributed by atoms with E-state index in [1.54, 1.807) is 19.2 Å². The first-order valence-electron chi connectivity index (χ1n) is 6.46. The van der Waals surface area contributed by atoms with E-state index in [9.17, 15) is 4.79 Å². The minimum absolute atomic E-state index is 0.270. The van der Waals surface area contributed by atoms with Crippen molar-refractivity contribution in [1.82, 2.24) is 15.6 Å². The first kappa shape index (κ1) is 13.8. The fourth-order valence-electron chi connectivity index (χ4n) is 2.78. The molecule has 0 fully saturated rings. The summed E-state index contributed by atoms with van der Waals surface area (Å²) in [7, 11) is 0. The summed E-state index contributed by atoms with van der Waals surface area (Å²) in [6.45, 7) is 1.80. The highest BCUT2D eigenvalue weighted by molar-refractivity contribution is 6.31. The summed E-state index contributed by atoms with van der Waals surface area (Å²) in [6, 6.07) is 7.44. The Morgan fingerprint density at radius 1 is 1.38 bits per heavy atom. The zero-order chi connectivity index (χ0) is 15.0. The Morgan fingerprint density at radius 3 is 2.86 bits per heavy atom. The molecule has 0 saturated carbocycles. The maximum atomic E-state index is 12.2. The molecule has 1 aromatic heterocycles. The number of nitrogens with zero attached hydrogens (tertiary/aromatic N) is 2. The first-order chi connectivity index (χ1) is 10.1. The van der Waals surface area contributed by atoms with E-state index in [2.05, 4.69) is 20.6 Å². The van der Waals surface area contributed by atoms with Crippen LogP contribution < -0.4 is 11.3 Å². The van der Waals surface area contributed by atoms with Crippen LogP contribution in [0.25, 0.3) is 0 Å². The number of nitrogens with one attached hydrogen (secondary N) is 2. The molecule has 1 aliphatic rings. The summed E-state index contributed by atoms with van der Waals surface area (Å²) < 4.78 is 0. The van der Waals surface area contributed by atoms with Crippen LogP contribution in [0.2, 0.25) is 5.02 Å². The molecule has 2 heterocycles. The number of H-pyrrole nitrogens is 1. The van der Waals surface area contributed by atoms with Gasteiger partial charge < -0.3 is 0 Å². The van der Waals surface area contributed by atoms with Crippen molar-refractivity contribution in [3.8, 4) is 0 Å². The van der Waals surface area contributed by atoms with E-state index >= 15 is 0 Å². The van der Waals surface area contributed by atoms with Crippen molar-refractivity contribution in [3.05, 3.63) is 46.6 Å². The summed E-state index contributed by atoms with van der Waals surface area (Å²) in [5, 5.41) is 7.46. The van der Waals surface area contributed by atoms with Crippen LogP contribution in [0, 0.1) is 5.92 Å². The van der Waals surface area contributed by atoms with Gasteiger partial charge in [-0.05, 0) is 18.6 Å². The SMILES string of the molecule is CC1=Nc2[nH]ncc2C(c2ccccc2Cl)C1C(=O)NN. The van der Waals surface area contributed by atoms with Gasteiger partial charge in [-0.25, -0.2) is 10.8 Å². The lowest BCUT2D eigenvalue weighted by molar-refractivity contribution is -0.123. The number of hydrazine groups is 1. The molecule has 6 nitrogen and oxygen atoms in total. The fourth-order valence-corrected chi connectivity index (χ4v) is 3.03. The van der Waals surface area contributed by atoms with Crippen molar-refractivity contribution in [1.29, 1.82) is 0 Å². The number of nitrogens with two attached hydrogens (primary N) is 1. The van der Waals surface area contributed by atoms with Crippen molar-refractivity contribution < 1.29 is 4.79 Å². The average Bonchev–Trinajstić information content (AvgIpc) is 2.93. The average molecular weight is 304 g/mol. The third-order valence-electron chi connectivity index (χ3n) is 3.72. The number of carbonyl (C=O) groups is 1. The van der Waals surface area contributed by atoms with Gasteiger partial charge in [0.1, 0.15) is 0 Å². The summed E-state index contributed by atoms with van der Waals surface area (Å²) in [5.41, 5.74) is 4.57. The van der Waals surface area contributed by atoms with E-state index < -0.39 is 5.92 Å². The molecule has 0 aliphatic carbocycles. The number of rotatable bonds is 2. The second-order valence-corrected chi connectivity index (χ2v) is 5.32. The van der Waals surface area contributed by atoms with Crippen LogP contribution in [-0.4, -0.2) is 21.8 Å². The van der Waals surface area contributed by atoms with Gasteiger partial charge in [0.2, 0.25) is 5.91 Å². The predicted octanol–water partition coefficient (Wildman–Crippen LogP) is 1.91. The Bertz CT molecular complexity index is 724. The number of carbonyl (C=O) groups excluding carboxylic acids is 1. The topological polar surface area (TPSA) is 96.2 Å². The summed E-state index contributed by atoms with van der Waals surface area (Å²) >= 11 is 6.32. The van der Waals surface area contributed by atoms with Gasteiger partial charge in [-0.1, -0.05) is 29.8 Å². The zero-order valence-electron chi connectivity index (χ0n) is 11.3. The highest BCUT2D eigenvalue weighted by atomic mass is 35.5. The molecule has 0 bridgehead atoms. The molecular formula is C14H14ClN5O. The Labute approximate surface area is 126 Å². The number of hydrogen-bond acceptors (Lipinski definition) is 4. The minimum Gasteiger partial charge on any atom is -0.294 e. The minimum atomic E-state index is -0.514. The molecule has 0 radical (unpaired) electrons. The van der Waals surface area contributed by atoms with Gasteiger partial charge in [0, 0.05) is 22.2 Å². The van der Waals surface area contributed by atoms with Crippen LogP contribution in [0.4, 0.5) is 5.82 Å². The van der Waals surface area contributed by atoms with E-state index in [4.69, 9.17) is 17.4 Å². The lowest BCUT2D eigenvalue weighted by Crippen LogP contribution is -2.42. The standard InChI is InChI=1S/C14H14ClN5O/c1-7-11(14(21)19-16)12(8-4-2-3-5-10(8)15)9-6-17-20-13(9)18-7/h2-6,11-12H,16H2,1H3,(H,17,20)(H,19,21). The van der Waals surface area contributed by atoms with Crippen molar-refractivity contribution in [2.24, 2.45) is 16.8 Å². The Balaban J connectivity index is 2.20. The molecule has 0 saturated heterocycles. The van der Waals surface area contributed by atoms with Crippen LogP contribution in [-0.2, 0) is 4.79 Å². The Hall–Kier alpha value is -2.18. The monoisotopic (exact) mass is 303 g/mol. The molecule has 7 heteroatoms. The maximum absolute atomic E-state index is 12.2. The first-order valence-corrected chi connectivity index (χ1v) is 6.84. The second-order valence-electron chi connectivity index (χ2n) is 4.91. The maximum Gasteiger partial charge on any atom is 0.243 e. The summed E-state index contributed by atoms with van der Waals surface area (Å²) in [5.74, 6) is 4.90. The molecule has 3 rings (SSSR count). The van der Waals surface area contributed by atoms with E-state index in [0.717, 1.165) is 11.1 Å². The molecule has 1 aliphatic heterocycles. The summed E-state index contributed by atoms with van der Waals surface area (Å²) in [4.78, 5) is 16.6. The van der Waals surface area contributed by atoms with E-state index in [1.807, 2.05) is 18.2 Å². The number of benzene rings is 1. The van der Waals surface area contributed by atoms with Crippen molar-refractivity contribution >= 4 is 29.0 Å². The quantitative estimate of drug-likeness (QED) is 0.449. The third kappa shape index (κ3) is 2.22. The van der Waals surface area contributed by atoms with Gasteiger partial charge in [-0.3, -0.25) is 15.3 Å². The van der Waals surface area contributed by atoms with Gasteiger partial charge in [0.15, 0.2) is 5.82 Å². The second kappa shape index (κ2) is 5.31. The third-order valence-corrected chi connectivity index (χ3v) is 4.06. The molecule has 0 spiro atoms. The molecule has 2 aromatic rings. The van der Waals surface area contributed by atoms with Crippen LogP contribution >= 0.6 is 11.6 Å². The normalized spacial score (nSPS) is 20.6. The van der Waals surface area contributed by atoms with Gasteiger partial charge in [-0.15, -0.1) is 0 Å². The molecule has 4 N–H and O–H groups in total. The lowest BCUT2D eigenvalue weighted by Gasteiger charge is -2.29. The van der Waals surface area contributed by atoms with Gasteiger partial charge in [0.05, 0.1) is 12.1 Å². The number of fused-ring (bicyclic) bond motifs is 1. The van der Waals surface area contributed by atoms with Gasteiger partial charge in [-0.2, -0.15) is 5.10 Å². The van der Waals surface area contributed by atoms with Crippen LogP contribution in [0.3, 0.4) is 0 Å². The largest absolute Gasteiger partial charge is 0.294 e. The van der Waals surface area contributed by atoms with E-state index in [-0.39, 0.29) is 11.8 Å². The van der Waals surface area contributed by atoms with Crippen LogP contribution in [0.1, 0.15) is 24.0 Å². The van der Waals surface area contributed by atoms with Crippen molar-refractivity contribution in [3.63, 3.8) is 0 Å². The van der Waals surface area contributed by atoms with Gasteiger partial charge >= 0.3 is 0 Å². The smallest absolute Gasteiger partial charge is 0.243 e. The van der Waals surface area contributed by atoms with Crippen LogP contribution in [0.5, 0.6) is 0 Å². The Kier molecular flexibility index (Phi) is 3.48. The number of amides is 1. The molecule has 21 heavy (non-hydrogen) atoms. The van der Waals surface area contributed by atoms with Crippen molar-refractivity contribution in [2.45, 2.75) is 12.8 Å². The highest BCUT2D eigenvalue weighted by Crippen LogP contribution is 2.43. The number of hydrogen-bond donors (Lipinski definition) is 3. The molecule has 2 unspecified atom stereocenters. The molecule has 1 amide bonds.